The van der Waals surface area contributed by atoms with Crippen molar-refractivity contribution < 1.29 is 35.0 Å². The Balaban J connectivity index is 2.42. The number of hydrogen-bond acceptors (Lipinski definition) is 4. The molecule has 1 aliphatic rings. The Kier molecular flexibility index (Phi) is 4.07. The van der Waals surface area contributed by atoms with Crippen LogP contribution in [0.2, 0.25) is 0 Å². The van der Waals surface area contributed by atoms with Gasteiger partial charge in [0.15, 0.2) is 0 Å². The molecule has 0 spiro atoms. The zero-order chi connectivity index (χ0) is 16.7. The van der Waals surface area contributed by atoms with E-state index in [0.29, 0.717) is 10.5 Å². The monoisotopic (exact) mass is 341 g/mol. The molecule has 1 aromatic carbocycles. The van der Waals surface area contributed by atoms with Crippen molar-refractivity contribution in [3.8, 4) is 5.75 Å². The number of amides is 1. The van der Waals surface area contributed by atoms with E-state index in [1.807, 2.05) is 0 Å². The standard InChI is InChI=1S/C12H11F4NO4S/c1-21-9-4-7-2-3-17(11(18)12(13,14)15)6-8(7)5-10(9)22(16,19)20/h4-5H,2-3,6H2,1H3. The van der Waals surface area contributed by atoms with Crippen LogP contribution in [0.25, 0.3) is 0 Å². The zero-order valence-corrected chi connectivity index (χ0v) is 12.1. The Morgan fingerprint density at radius 2 is 1.91 bits per heavy atom. The van der Waals surface area contributed by atoms with Gasteiger partial charge in [-0.25, -0.2) is 0 Å². The smallest absolute Gasteiger partial charge is 0.471 e. The van der Waals surface area contributed by atoms with Gasteiger partial charge in [-0.1, -0.05) is 0 Å². The summed E-state index contributed by atoms with van der Waals surface area (Å²) in [5, 5.41) is 0. The molecular formula is C12H11F4NO4S. The summed E-state index contributed by atoms with van der Waals surface area (Å²) in [6.45, 7) is -0.615. The molecule has 0 atom stereocenters. The SMILES string of the molecule is COc1cc2c(cc1S(=O)(=O)F)CN(C(=O)C(F)(F)F)CC2. The fraction of sp³-hybridized carbons (Fsp3) is 0.417. The van der Waals surface area contributed by atoms with Crippen molar-refractivity contribution in [1.82, 2.24) is 4.90 Å². The molecule has 0 radical (unpaired) electrons. The topological polar surface area (TPSA) is 63.7 Å². The Morgan fingerprint density at radius 3 is 2.41 bits per heavy atom. The van der Waals surface area contributed by atoms with Crippen molar-refractivity contribution in [2.24, 2.45) is 0 Å². The maximum atomic E-state index is 13.2. The minimum absolute atomic E-state index is 0.0835. The van der Waals surface area contributed by atoms with Gasteiger partial charge in [0.25, 0.3) is 0 Å². The molecule has 1 amide bonds. The highest BCUT2D eigenvalue weighted by Crippen LogP contribution is 2.33. The van der Waals surface area contributed by atoms with E-state index in [1.54, 1.807) is 0 Å². The third kappa shape index (κ3) is 3.16. The number of methoxy groups -OCH3 is 1. The molecule has 0 saturated heterocycles. The lowest BCUT2D eigenvalue weighted by Crippen LogP contribution is -2.43. The molecule has 1 heterocycles. The first kappa shape index (κ1) is 16.5. The number of halogens is 4. The van der Waals surface area contributed by atoms with Gasteiger partial charge in [0.05, 0.1) is 7.11 Å². The predicted octanol–water partition coefficient (Wildman–Crippen LogP) is 1.80. The normalized spacial score (nSPS) is 15.4. The Hall–Kier alpha value is -1.84. The second kappa shape index (κ2) is 5.41. The van der Waals surface area contributed by atoms with Gasteiger partial charge < -0.3 is 9.64 Å². The van der Waals surface area contributed by atoms with Gasteiger partial charge in [-0.3, -0.25) is 4.79 Å². The van der Waals surface area contributed by atoms with E-state index >= 15 is 0 Å². The van der Waals surface area contributed by atoms with E-state index in [2.05, 4.69) is 0 Å². The number of carbonyl (C=O) groups excluding carboxylic acids is 1. The summed E-state index contributed by atoms with van der Waals surface area (Å²) in [6, 6.07) is 2.16. The second-order valence-corrected chi connectivity index (χ2v) is 6.00. The average Bonchev–Trinajstić information content (AvgIpc) is 2.42. The summed E-state index contributed by atoms with van der Waals surface area (Å²) >= 11 is 0. The van der Waals surface area contributed by atoms with E-state index in [-0.39, 0.29) is 24.3 Å². The van der Waals surface area contributed by atoms with Crippen LogP contribution in [0.5, 0.6) is 5.75 Å². The van der Waals surface area contributed by atoms with E-state index in [0.717, 1.165) is 13.2 Å². The van der Waals surface area contributed by atoms with Crippen LogP contribution in [0.1, 0.15) is 11.1 Å². The number of rotatable bonds is 2. The molecule has 5 nitrogen and oxygen atoms in total. The first-order chi connectivity index (χ1) is 10.0. The van der Waals surface area contributed by atoms with Crippen LogP contribution in [-0.4, -0.2) is 39.1 Å². The summed E-state index contributed by atoms with van der Waals surface area (Å²) < 4.78 is 77.4. The van der Waals surface area contributed by atoms with Crippen molar-refractivity contribution in [3.63, 3.8) is 0 Å². The highest BCUT2D eigenvalue weighted by Gasteiger charge is 2.43. The van der Waals surface area contributed by atoms with Crippen LogP contribution in [0.3, 0.4) is 0 Å². The summed E-state index contributed by atoms with van der Waals surface area (Å²) in [4.78, 5) is 11.0. The van der Waals surface area contributed by atoms with Crippen LogP contribution in [0.4, 0.5) is 17.1 Å². The Morgan fingerprint density at radius 1 is 1.27 bits per heavy atom. The fourth-order valence-corrected chi connectivity index (χ4v) is 2.93. The van der Waals surface area contributed by atoms with Crippen LogP contribution in [0.15, 0.2) is 17.0 Å². The quantitative estimate of drug-likeness (QED) is 0.608. The van der Waals surface area contributed by atoms with Crippen molar-refractivity contribution in [3.05, 3.63) is 23.3 Å². The molecule has 0 fully saturated rings. The van der Waals surface area contributed by atoms with Gasteiger partial charge in [-0.05, 0) is 29.7 Å². The summed E-state index contributed by atoms with van der Waals surface area (Å²) in [5.74, 6) is -2.24. The van der Waals surface area contributed by atoms with E-state index in [1.165, 1.54) is 6.07 Å². The van der Waals surface area contributed by atoms with Crippen LogP contribution in [0, 0.1) is 0 Å². The van der Waals surface area contributed by atoms with Crippen LogP contribution >= 0.6 is 0 Å². The van der Waals surface area contributed by atoms with Gasteiger partial charge in [0, 0.05) is 13.1 Å². The lowest BCUT2D eigenvalue weighted by molar-refractivity contribution is -0.186. The van der Waals surface area contributed by atoms with E-state index < -0.39 is 33.7 Å². The minimum Gasteiger partial charge on any atom is -0.495 e. The average molecular weight is 341 g/mol. The number of carbonyl (C=O) groups is 1. The van der Waals surface area contributed by atoms with Crippen molar-refractivity contribution in [1.29, 1.82) is 0 Å². The predicted molar refractivity (Wildman–Crippen MR) is 66.5 cm³/mol. The van der Waals surface area contributed by atoms with E-state index in [4.69, 9.17) is 4.74 Å². The number of benzene rings is 1. The number of fused-ring (bicyclic) bond motifs is 1. The maximum Gasteiger partial charge on any atom is 0.471 e. The Labute approximate surface area is 123 Å². The second-order valence-electron chi connectivity index (χ2n) is 4.68. The molecule has 0 aromatic heterocycles. The first-order valence-electron chi connectivity index (χ1n) is 6.04. The molecule has 0 aliphatic carbocycles. The molecule has 122 valence electrons. The van der Waals surface area contributed by atoms with Crippen molar-refractivity contribution in [2.75, 3.05) is 13.7 Å². The summed E-state index contributed by atoms with van der Waals surface area (Å²) in [6.07, 6.45) is -4.93. The molecule has 10 heteroatoms. The number of alkyl halides is 3. The van der Waals surface area contributed by atoms with Crippen molar-refractivity contribution >= 4 is 16.1 Å². The molecule has 0 N–H and O–H groups in total. The zero-order valence-electron chi connectivity index (χ0n) is 11.3. The largest absolute Gasteiger partial charge is 0.495 e. The molecule has 0 unspecified atom stereocenters. The van der Waals surface area contributed by atoms with Crippen LogP contribution in [-0.2, 0) is 28.0 Å². The lowest BCUT2D eigenvalue weighted by Gasteiger charge is -2.30. The molecule has 0 saturated carbocycles. The molecule has 0 bridgehead atoms. The third-order valence-corrected chi connectivity index (χ3v) is 4.13. The van der Waals surface area contributed by atoms with Gasteiger partial charge in [-0.2, -0.15) is 21.6 Å². The van der Waals surface area contributed by atoms with Gasteiger partial charge in [0.2, 0.25) is 0 Å². The number of ether oxygens (including phenoxy) is 1. The number of hydrogen-bond donors (Lipinski definition) is 0. The molecule has 22 heavy (non-hydrogen) atoms. The molecule has 1 aliphatic heterocycles. The highest BCUT2D eigenvalue weighted by molar-refractivity contribution is 7.86. The molecular weight excluding hydrogens is 330 g/mol. The summed E-state index contributed by atoms with van der Waals surface area (Å²) in [7, 11) is -3.94. The molecule has 2 rings (SSSR count). The maximum absolute atomic E-state index is 13.2. The Bertz CT molecular complexity index is 715. The van der Waals surface area contributed by atoms with E-state index in [9.17, 15) is 30.3 Å². The first-order valence-corrected chi connectivity index (χ1v) is 7.43. The minimum atomic E-state index is -5.10. The summed E-state index contributed by atoms with van der Waals surface area (Å²) in [5.41, 5.74) is 0.649. The third-order valence-electron chi connectivity index (χ3n) is 3.29. The van der Waals surface area contributed by atoms with Gasteiger partial charge in [-0.15, -0.1) is 3.89 Å². The highest BCUT2D eigenvalue weighted by atomic mass is 32.3. The van der Waals surface area contributed by atoms with Crippen LogP contribution < -0.4 is 4.74 Å². The van der Waals surface area contributed by atoms with Crippen molar-refractivity contribution in [2.45, 2.75) is 24.0 Å². The number of nitrogens with zero attached hydrogens (tertiary/aromatic N) is 1. The molecule has 1 aromatic rings. The lowest BCUT2D eigenvalue weighted by atomic mass is 9.99. The van der Waals surface area contributed by atoms with Gasteiger partial charge in [0.1, 0.15) is 10.6 Å². The fourth-order valence-electron chi connectivity index (χ4n) is 2.27. The van der Waals surface area contributed by atoms with Gasteiger partial charge >= 0.3 is 22.3 Å².